The van der Waals surface area contributed by atoms with Gasteiger partial charge >= 0.3 is 0 Å². The highest BCUT2D eigenvalue weighted by Crippen LogP contribution is 2.36. The summed E-state index contributed by atoms with van der Waals surface area (Å²) in [5.74, 6) is 1.83. The predicted octanol–water partition coefficient (Wildman–Crippen LogP) is 6.07. The van der Waals surface area contributed by atoms with Gasteiger partial charge in [-0.05, 0) is 37.3 Å². The van der Waals surface area contributed by atoms with Crippen LogP contribution >= 0.6 is 11.6 Å². The molecule has 4 rings (SSSR count). The molecule has 0 aliphatic carbocycles. The number of pyridine rings is 1. The molecule has 0 bridgehead atoms. The molecule has 3 aromatic carbocycles. The first kappa shape index (κ1) is 23.0. The molecule has 0 saturated heterocycles. The molecule has 1 heterocycles. The molecule has 0 amide bonds. The van der Waals surface area contributed by atoms with Crippen LogP contribution in [-0.2, 0) is 6.61 Å². The molecular formula is C26H23ClN4O3. The number of hydrogen-bond acceptors (Lipinski definition) is 7. The molecule has 7 nitrogen and oxygen atoms in total. The van der Waals surface area contributed by atoms with Crippen molar-refractivity contribution < 1.29 is 14.2 Å². The number of fused-ring (bicyclic) bond motifs is 1. The van der Waals surface area contributed by atoms with Gasteiger partial charge in [0.25, 0.3) is 0 Å². The second kappa shape index (κ2) is 10.2. The highest BCUT2D eigenvalue weighted by molar-refractivity contribution is 6.32. The summed E-state index contributed by atoms with van der Waals surface area (Å²) in [5.41, 5.74) is 9.84. The van der Waals surface area contributed by atoms with Crippen LogP contribution in [0.4, 0.5) is 17.1 Å². The minimum Gasteiger partial charge on any atom is -0.496 e. The molecule has 0 radical (unpaired) electrons. The third-order valence-corrected chi connectivity index (χ3v) is 5.49. The maximum atomic E-state index is 9.64. The predicted molar refractivity (Wildman–Crippen MR) is 134 cm³/mol. The zero-order chi connectivity index (χ0) is 24.1. The van der Waals surface area contributed by atoms with Crippen LogP contribution in [0.1, 0.15) is 18.1 Å². The number of halogens is 1. The first-order valence-corrected chi connectivity index (χ1v) is 11.0. The molecular weight excluding hydrogens is 452 g/mol. The Labute approximate surface area is 202 Å². The topological polar surface area (TPSA) is 102 Å². The lowest BCUT2D eigenvalue weighted by molar-refractivity contribution is 0.297. The third kappa shape index (κ3) is 4.77. The van der Waals surface area contributed by atoms with Crippen molar-refractivity contribution in [2.75, 3.05) is 24.8 Å². The number of methoxy groups -OCH3 is 1. The number of anilines is 3. The molecule has 34 heavy (non-hydrogen) atoms. The molecule has 4 aromatic rings. The fraction of sp³-hybridized carbons (Fsp3) is 0.154. The van der Waals surface area contributed by atoms with Crippen LogP contribution in [-0.4, -0.2) is 18.7 Å². The Kier molecular flexibility index (Phi) is 6.90. The van der Waals surface area contributed by atoms with Crippen molar-refractivity contribution >= 4 is 39.6 Å². The summed E-state index contributed by atoms with van der Waals surface area (Å²) in [4.78, 5) is 4.38. The highest BCUT2D eigenvalue weighted by Gasteiger charge is 2.14. The lowest BCUT2D eigenvalue weighted by atomic mass is 10.1. The zero-order valence-corrected chi connectivity index (χ0v) is 19.5. The lowest BCUT2D eigenvalue weighted by Crippen LogP contribution is -2.01. The van der Waals surface area contributed by atoms with Crippen molar-refractivity contribution in [1.29, 1.82) is 5.26 Å². The number of nitrogen functional groups attached to an aromatic ring is 1. The molecule has 0 atom stereocenters. The van der Waals surface area contributed by atoms with E-state index < -0.39 is 0 Å². The van der Waals surface area contributed by atoms with E-state index in [0.29, 0.717) is 63.3 Å². The minimum absolute atomic E-state index is 0.311. The van der Waals surface area contributed by atoms with Crippen molar-refractivity contribution in [3.8, 4) is 23.3 Å². The van der Waals surface area contributed by atoms with E-state index >= 15 is 0 Å². The molecule has 3 N–H and O–H groups in total. The first-order chi connectivity index (χ1) is 16.5. The largest absolute Gasteiger partial charge is 0.496 e. The van der Waals surface area contributed by atoms with Crippen molar-refractivity contribution in [1.82, 2.24) is 4.98 Å². The molecule has 0 unspecified atom stereocenters. The summed E-state index contributed by atoms with van der Waals surface area (Å²) < 4.78 is 16.8. The number of rotatable bonds is 8. The fourth-order valence-corrected chi connectivity index (χ4v) is 3.79. The van der Waals surface area contributed by atoms with Crippen LogP contribution in [0, 0.1) is 11.3 Å². The summed E-state index contributed by atoms with van der Waals surface area (Å²) in [5, 5.41) is 14.1. The van der Waals surface area contributed by atoms with Gasteiger partial charge in [-0.2, -0.15) is 5.26 Å². The lowest BCUT2D eigenvalue weighted by Gasteiger charge is -2.15. The quantitative estimate of drug-likeness (QED) is 0.298. The highest BCUT2D eigenvalue weighted by atomic mass is 35.5. The molecule has 0 aliphatic heterocycles. The van der Waals surface area contributed by atoms with E-state index in [0.717, 1.165) is 11.3 Å². The average molecular weight is 475 g/mol. The Morgan fingerprint density at radius 3 is 2.62 bits per heavy atom. The van der Waals surface area contributed by atoms with E-state index in [2.05, 4.69) is 16.4 Å². The number of aromatic nitrogens is 1. The molecule has 0 fully saturated rings. The van der Waals surface area contributed by atoms with Gasteiger partial charge in [0.2, 0.25) is 0 Å². The summed E-state index contributed by atoms with van der Waals surface area (Å²) in [6.45, 7) is 2.68. The third-order valence-electron chi connectivity index (χ3n) is 5.20. The first-order valence-electron chi connectivity index (χ1n) is 10.6. The van der Waals surface area contributed by atoms with Gasteiger partial charge < -0.3 is 25.3 Å². The van der Waals surface area contributed by atoms with Crippen LogP contribution in [0.15, 0.2) is 60.8 Å². The smallest absolute Gasteiger partial charge is 0.144 e. The van der Waals surface area contributed by atoms with Crippen LogP contribution in [0.2, 0.25) is 5.02 Å². The monoisotopic (exact) mass is 474 g/mol. The summed E-state index contributed by atoms with van der Waals surface area (Å²) in [6.07, 6.45) is 1.52. The van der Waals surface area contributed by atoms with Crippen molar-refractivity contribution in [2.45, 2.75) is 13.5 Å². The van der Waals surface area contributed by atoms with Gasteiger partial charge in [0.15, 0.2) is 0 Å². The fourth-order valence-electron chi connectivity index (χ4n) is 3.55. The van der Waals surface area contributed by atoms with E-state index in [1.165, 1.54) is 6.20 Å². The zero-order valence-electron chi connectivity index (χ0n) is 18.8. The molecule has 1 aromatic heterocycles. The average Bonchev–Trinajstić information content (AvgIpc) is 2.85. The Hall–Kier alpha value is -4.15. The van der Waals surface area contributed by atoms with Crippen molar-refractivity contribution in [2.24, 2.45) is 0 Å². The van der Waals surface area contributed by atoms with E-state index in [9.17, 15) is 5.26 Å². The maximum Gasteiger partial charge on any atom is 0.144 e. The van der Waals surface area contributed by atoms with Crippen molar-refractivity contribution in [3.05, 3.63) is 76.9 Å². The van der Waals surface area contributed by atoms with E-state index in [4.69, 9.17) is 31.5 Å². The number of nitrogens with two attached hydrogens (primary N) is 1. The van der Waals surface area contributed by atoms with Gasteiger partial charge in [0.1, 0.15) is 29.9 Å². The molecule has 172 valence electrons. The van der Waals surface area contributed by atoms with Crippen LogP contribution in [0.3, 0.4) is 0 Å². The minimum atomic E-state index is 0.311. The van der Waals surface area contributed by atoms with Gasteiger partial charge in [-0.3, -0.25) is 4.98 Å². The number of ether oxygens (including phenoxy) is 3. The standard InChI is InChI=1S/C26H23ClN4O3/c1-3-33-25-12-22-19(11-21(25)29)26(17(13-28)14-30-22)31-18-8-9-24(20(27)10-18)34-15-16-6-4-5-7-23(16)32-2/h4-12,14H,3,15,29H2,1-2H3,(H,30,31). The Morgan fingerprint density at radius 2 is 1.88 bits per heavy atom. The molecule has 0 aliphatic rings. The second-order valence-electron chi connectivity index (χ2n) is 7.37. The Bertz CT molecular complexity index is 1380. The van der Waals surface area contributed by atoms with Crippen LogP contribution in [0.25, 0.3) is 10.9 Å². The van der Waals surface area contributed by atoms with Gasteiger partial charge in [-0.1, -0.05) is 29.8 Å². The van der Waals surface area contributed by atoms with Crippen molar-refractivity contribution in [3.63, 3.8) is 0 Å². The van der Waals surface area contributed by atoms with E-state index in [1.807, 2.05) is 37.3 Å². The summed E-state index contributed by atoms with van der Waals surface area (Å²) in [7, 11) is 1.62. The van der Waals surface area contributed by atoms with E-state index in [-0.39, 0.29) is 0 Å². The number of hydrogen-bond donors (Lipinski definition) is 2. The van der Waals surface area contributed by atoms with Gasteiger partial charge in [0, 0.05) is 28.9 Å². The molecule has 0 saturated carbocycles. The Balaban J connectivity index is 1.61. The van der Waals surface area contributed by atoms with Gasteiger partial charge in [0.05, 0.1) is 41.2 Å². The molecule has 8 heteroatoms. The van der Waals surface area contributed by atoms with Crippen LogP contribution < -0.4 is 25.3 Å². The Morgan fingerprint density at radius 1 is 1.06 bits per heavy atom. The van der Waals surface area contributed by atoms with Gasteiger partial charge in [-0.15, -0.1) is 0 Å². The number of nitrogens with zero attached hydrogens (tertiary/aromatic N) is 2. The van der Waals surface area contributed by atoms with Crippen LogP contribution in [0.5, 0.6) is 17.2 Å². The number of nitriles is 1. The number of para-hydroxylation sites is 1. The van der Waals surface area contributed by atoms with Gasteiger partial charge in [-0.25, -0.2) is 0 Å². The summed E-state index contributed by atoms with van der Waals surface area (Å²) in [6, 6.07) is 18.7. The normalized spacial score (nSPS) is 10.5. The SMILES string of the molecule is CCOc1cc2ncc(C#N)c(Nc3ccc(OCc4ccccc4OC)c(Cl)c3)c2cc1N. The van der Waals surface area contributed by atoms with E-state index in [1.54, 1.807) is 31.4 Å². The molecule has 0 spiro atoms. The second-order valence-corrected chi connectivity index (χ2v) is 7.78. The maximum absolute atomic E-state index is 9.64. The summed E-state index contributed by atoms with van der Waals surface area (Å²) >= 11 is 6.50. The number of benzene rings is 3. The number of nitrogens with one attached hydrogen (secondary N) is 1.